The third-order valence-corrected chi connectivity index (χ3v) is 6.12. The van der Waals surface area contributed by atoms with Crippen LogP contribution in [0.4, 0.5) is 5.69 Å². The molecule has 1 aromatic heterocycles. The molecule has 2 aromatic rings. The van der Waals surface area contributed by atoms with E-state index >= 15 is 0 Å². The van der Waals surface area contributed by atoms with E-state index in [1.165, 1.54) is 24.3 Å². The lowest BCUT2D eigenvalue weighted by Crippen LogP contribution is -2.39. The Kier molecular flexibility index (Phi) is 5.90. The van der Waals surface area contributed by atoms with E-state index in [1.807, 2.05) is 19.9 Å². The van der Waals surface area contributed by atoms with Gasteiger partial charge in [-0.25, -0.2) is 23.1 Å². The first-order valence-corrected chi connectivity index (χ1v) is 10.5. The molecule has 1 aliphatic carbocycles. The summed E-state index contributed by atoms with van der Waals surface area (Å²) in [6.07, 6.45) is 2.57. The first-order chi connectivity index (χ1) is 13.2. The number of nitro benzene ring substituents is 1. The van der Waals surface area contributed by atoms with E-state index < -0.39 is 14.9 Å². The number of sulfonamides is 1. The molecule has 0 saturated heterocycles. The normalized spacial score (nSPS) is 19.9. The molecule has 0 unspecified atom stereocenters. The Bertz CT molecular complexity index is 934. The Morgan fingerprint density at radius 1 is 1.07 bits per heavy atom. The van der Waals surface area contributed by atoms with Gasteiger partial charge in [0, 0.05) is 29.6 Å². The van der Waals surface area contributed by atoms with Crippen LogP contribution in [0.2, 0.25) is 0 Å². The number of hydrogen-bond acceptors (Lipinski definition) is 7. The molecule has 150 valence electrons. The highest BCUT2D eigenvalue weighted by Gasteiger charge is 2.27. The molecule has 9 nitrogen and oxygen atoms in total. The molecular weight excluding hydrogens is 384 g/mol. The van der Waals surface area contributed by atoms with E-state index in [0.29, 0.717) is 31.7 Å². The van der Waals surface area contributed by atoms with E-state index in [0.717, 1.165) is 11.4 Å². The number of hydrogen-bond donors (Lipinski definition) is 1. The van der Waals surface area contributed by atoms with Gasteiger partial charge in [0.25, 0.3) is 5.69 Å². The third kappa shape index (κ3) is 5.02. The van der Waals surface area contributed by atoms with Crippen LogP contribution >= 0.6 is 0 Å². The van der Waals surface area contributed by atoms with Crippen molar-refractivity contribution in [2.45, 2.75) is 56.6 Å². The lowest BCUT2D eigenvalue weighted by molar-refractivity contribution is -0.384. The third-order valence-electron chi connectivity index (χ3n) is 4.59. The van der Waals surface area contributed by atoms with E-state index in [1.54, 1.807) is 0 Å². The summed E-state index contributed by atoms with van der Waals surface area (Å²) in [5, 5.41) is 10.7. The molecular formula is C18H22N4O5S. The second kappa shape index (κ2) is 8.19. The lowest BCUT2D eigenvalue weighted by atomic mass is 9.94. The SMILES string of the molecule is Cc1cc(C)nc(OC2CCC(NS(=O)(=O)c3ccc([N+](=O)[O-])cc3)CC2)n1. The summed E-state index contributed by atoms with van der Waals surface area (Å²) in [6, 6.07) is 6.87. The number of aromatic nitrogens is 2. The molecule has 0 amide bonds. The van der Waals surface area contributed by atoms with Crippen LogP contribution in [0.1, 0.15) is 37.1 Å². The van der Waals surface area contributed by atoms with Crippen LogP contribution in [-0.4, -0.2) is 35.5 Å². The summed E-state index contributed by atoms with van der Waals surface area (Å²) in [5.41, 5.74) is 1.53. The number of nitrogens with zero attached hydrogens (tertiary/aromatic N) is 3. The molecule has 1 aromatic carbocycles. The molecule has 0 spiro atoms. The van der Waals surface area contributed by atoms with Crippen molar-refractivity contribution < 1.29 is 18.1 Å². The van der Waals surface area contributed by atoms with Gasteiger partial charge in [-0.05, 0) is 57.7 Å². The van der Waals surface area contributed by atoms with Crippen LogP contribution in [0.25, 0.3) is 0 Å². The van der Waals surface area contributed by atoms with Gasteiger partial charge in [-0.15, -0.1) is 0 Å². The van der Waals surface area contributed by atoms with Crippen molar-refractivity contribution in [3.63, 3.8) is 0 Å². The largest absolute Gasteiger partial charge is 0.460 e. The summed E-state index contributed by atoms with van der Waals surface area (Å²) in [4.78, 5) is 18.7. The van der Waals surface area contributed by atoms with E-state index in [9.17, 15) is 18.5 Å². The van der Waals surface area contributed by atoms with Gasteiger partial charge in [0.2, 0.25) is 10.0 Å². The van der Waals surface area contributed by atoms with Crippen molar-refractivity contribution in [1.82, 2.24) is 14.7 Å². The van der Waals surface area contributed by atoms with E-state index in [-0.39, 0.29) is 22.7 Å². The molecule has 3 rings (SSSR count). The molecule has 10 heteroatoms. The zero-order chi connectivity index (χ0) is 20.3. The average Bonchev–Trinajstić information content (AvgIpc) is 2.62. The van der Waals surface area contributed by atoms with E-state index in [2.05, 4.69) is 14.7 Å². The number of non-ortho nitro benzene ring substituents is 1. The highest BCUT2D eigenvalue weighted by atomic mass is 32.2. The Morgan fingerprint density at radius 3 is 2.18 bits per heavy atom. The fraction of sp³-hybridized carbons (Fsp3) is 0.444. The van der Waals surface area contributed by atoms with Crippen LogP contribution in [0.5, 0.6) is 6.01 Å². The minimum absolute atomic E-state index is 0.0140. The Morgan fingerprint density at radius 2 is 1.64 bits per heavy atom. The maximum Gasteiger partial charge on any atom is 0.317 e. The van der Waals surface area contributed by atoms with Crippen molar-refractivity contribution in [3.8, 4) is 6.01 Å². The quantitative estimate of drug-likeness (QED) is 0.577. The van der Waals surface area contributed by atoms with Gasteiger partial charge < -0.3 is 4.74 Å². The first kappa shape index (κ1) is 20.2. The number of aryl methyl sites for hydroxylation is 2. The Balaban J connectivity index is 1.56. The van der Waals surface area contributed by atoms with Crippen molar-refractivity contribution in [2.75, 3.05) is 0 Å². The smallest absolute Gasteiger partial charge is 0.317 e. The topological polar surface area (TPSA) is 124 Å². The summed E-state index contributed by atoms with van der Waals surface area (Å²) in [6.45, 7) is 3.76. The molecule has 1 fully saturated rings. The molecule has 0 aliphatic heterocycles. The molecule has 1 aliphatic rings. The maximum atomic E-state index is 12.5. The van der Waals surface area contributed by atoms with Crippen LogP contribution in [0, 0.1) is 24.0 Å². The van der Waals surface area contributed by atoms with Crippen LogP contribution in [0.3, 0.4) is 0 Å². The van der Waals surface area contributed by atoms with Gasteiger partial charge in [-0.3, -0.25) is 10.1 Å². The fourth-order valence-corrected chi connectivity index (χ4v) is 4.53. The average molecular weight is 406 g/mol. The van der Waals surface area contributed by atoms with Gasteiger partial charge in [-0.1, -0.05) is 0 Å². The number of nitro groups is 1. The summed E-state index contributed by atoms with van der Waals surface area (Å²) in [5.74, 6) is 0. The van der Waals surface area contributed by atoms with Crippen molar-refractivity contribution in [2.24, 2.45) is 0 Å². The van der Waals surface area contributed by atoms with Crippen LogP contribution < -0.4 is 9.46 Å². The second-order valence-corrected chi connectivity index (χ2v) is 8.61. The number of rotatable bonds is 6. The summed E-state index contributed by atoms with van der Waals surface area (Å²) < 4.78 is 33.5. The number of benzene rings is 1. The zero-order valence-electron chi connectivity index (χ0n) is 15.7. The van der Waals surface area contributed by atoms with Gasteiger partial charge in [-0.2, -0.15) is 0 Å². The maximum absolute atomic E-state index is 12.5. The minimum atomic E-state index is -3.73. The fourth-order valence-electron chi connectivity index (χ4n) is 3.23. The van der Waals surface area contributed by atoms with Gasteiger partial charge in [0.1, 0.15) is 6.10 Å². The minimum Gasteiger partial charge on any atom is -0.460 e. The van der Waals surface area contributed by atoms with Crippen molar-refractivity contribution in [1.29, 1.82) is 0 Å². The monoisotopic (exact) mass is 406 g/mol. The van der Waals surface area contributed by atoms with Crippen molar-refractivity contribution in [3.05, 3.63) is 51.8 Å². The molecule has 28 heavy (non-hydrogen) atoms. The summed E-state index contributed by atoms with van der Waals surface area (Å²) >= 11 is 0. The van der Waals surface area contributed by atoms with Crippen LogP contribution in [0.15, 0.2) is 35.2 Å². The van der Waals surface area contributed by atoms with Gasteiger partial charge >= 0.3 is 6.01 Å². The van der Waals surface area contributed by atoms with Gasteiger partial charge in [0.05, 0.1) is 9.82 Å². The number of ether oxygens (including phenoxy) is 1. The Hall–Kier alpha value is -2.59. The molecule has 0 bridgehead atoms. The lowest BCUT2D eigenvalue weighted by Gasteiger charge is -2.28. The molecule has 1 N–H and O–H groups in total. The highest BCUT2D eigenvalue weighted by molar-refractivity contribution is 7.89. The standard InChI is InChI=1S/C18H22N4O5S/c1-12-11-13(2)20-18(19-12)27-16-7-3-14(4-8-16)21-28(25,26)17-9-5-15(6-10-17)22(23)24/h5-6,9-11,14,16,21H,3-4,7-8H2,1-2H3. The highest BCUT2D eigenvalue weighted by Crippen LogP contribution is 2.24. The summed E-state index contributed by atoms with van der Waals surface area (Å²) in [7, 11) is -3.73. The second-order valence-electron chi connectivity index (χ2n) is 6.90. The first-order valence-electron chi connectivity index (χ1n) is 8.98. The predicted octanol–water partition coefficient (Wildman–Crippen LogP) is 2.67. The van der Waals surface area contributed by atoms with Crippen LogP contribution in [-0.2, 0) is 10.0 Å². The number of nitrogens with one attached hydrogen (secondary N) is 1. The predicted molar refractivity (Wildman–Crippen MR) is 102 cm³/mol. The molecule has 1 saturated carbocycles. The van der Waals surface area contributed by atoms with Gasteiger partial charge in [0.15, 0.2) is 0 Å². The molecule has 0 atom stereocenters. The van der Waals surface area contributed by atoms with Crippen molar-refractivity contribution >= 4 is 15.7 Å². The molecule has 1 heterocycles. The Labute approximate surface area is 163 Å². The van der Waals surface area contributed by atoms with E-state index in [4.69, 9.17) is 4.74 Å². The zero-order valence-corrected chi connectivity index (χ0v) is 16.5. The molecule has 0 radical (unpaired) electrons.